The molecule has 0 saturated heterocycles. The highest BCUT2D eigenvalue weighted by Gasteiger charge is 2.15. The second-order valence-electron chi connectivity index (χ2n) is 4.77. The zero-order chi connectivity index (χ0) is 14.4. The quantitative estimate of drug-likeness (QED) is 0.868. The van der Waals surface area contributed by atoms with Gasteiger partial charge in [-0.15, -0.1) is 0 Å². The number of hydrogen-bond donors (Lipinski definition) is 1. The Morgan fingerprint density at radius 1 is 1.10 bits per heavy atom. The lowest BCUT2D eigenvalue weighted by atomic mass is 10.0. The van der Waals surface area contributed by atoms with Gasteiger partial charge in [0, 0.05) is 17.1 Å². The predicted molar refractivity (Wildman–Crippen MR) is 82.4 cm³/mol. The molecule has 2 aromatic rings. The van der Waals surface area contributed by atoms with Gasteiger partial charge in [-0.05, 0) is 30.2 Å². The molecule has 2 atom stereocenters. The highest BCUT2D eigenvalue weighted by atomic mass is 35.5. The van der Waals surface area contributed by atoms with Crippen LogP contribution in [0.5, 0.6) is 0 Å². The fraction of sp³-hybridized carbons (Fsp3) is 0.235. The maximum Gasteiger partial charge on any atom is 0.0641 e. The Bertz CT molecular complexity index is 589. The van der Waals surface area contributed by atoms with Gasteiger partial charge < -0.3 is 5.32 Å². The first-order valence-corrected chi connectivity index (χ1v) is 7.02. The van der Waals surface area contributed by atoms with Crippen LogP contribution in [-0.4, -0.2) is 0 Å². The van der Waals surface area contributed by atoms with Crippen LogP contribution in [-0.2, 0) is 0 Å². The van der Waals surface area contributed by atoms with E-state index < -0.39 is 0 Å². The number of benzene rings is 2. The van der Waals surface area contributed by atoms with Gasteiger partial charge in [0.05, 0.1) is 12.5 Å². The van der Waals surface area contributed by atoms with Gasteiger partial charge in [-0.25, -0.2) is 0 Å². The van der Waals surface area contributed by atoms with Crippen molar-refractivity contribution in [1.82, 2.24) is 5.32 Å². The van der Waals surface area contributed by atoms with Crippen LogP contribution in [0.25, 0.3) is 0 Å². The molecule has 0 radical (unpaired) electrons. The SMILES string of the molecule is C[C@H](NC(CC#N)c1ccccc1)c1cccc(Cl)c1. The van der Waals surface area contributed by atoms with Gasteiger partial charge in [0.25, 0.3) is 0 Å². The van der Waals surface area contributed by atoms with E-state index in [2.05, 4.69) is 18.3 Å². The van der Waals surface area contributed by atoms with Crippen molar-refractivity contribution in [2.45, 2.75) is 25.4 Å². The van der Waals surface area contributed by atoms with Crippen LogP contribution in [0.3, 0.4) is 0 Å². The van der Waals surface area contributed by atoms with Crippen LogP contribution in [0.15, 0.2) is 54.6 Å². The molecule has 3 heteroatoms. The van der Waals surface area contributed by atoms with Crippen LogP contribution in [0.4, 0.5) is 0 Å². The number of nitrogens with zero attached hydrogens (tertiary/aromatic N) is 1. The molecule has 0 amide bonds. The summed E-state index contributed by atoms with van der Waals surface area (Å²) < 4.78 is 0. The summed E-state index contributed by atoms with van der Waals surface area (Å²) in [5.74, 6) is 0. The zero-order valence-corrected chi connectivity index (χ0v) is 12.1. The first-order chi connectivity index (χ1) is 9.70. The summed E-state index contributed by atoms with van der Waals surface area (Å²) in [5, 5.41) is 13.2. The van der Waals surface area contributed by atoms with Crippen molar-refractivity contribution in [3.05, 3.63) is 70.7 Å². The average molecular weight is 285 g/mol. The highest BCUT2D eigenvalue weighted by Crippen LogP contribution is 2.23. The number of nitrogens with one attached hydrogen (secondary N) is 1. The summed E-state index contributed by atoms with van der Waals surface area (Å²) in [5.41, 5.74) is 2.25. The van der Waals surface area contributed by atoms with Gasteiger partial charge in [-0.3, -0.25) is 0 Å². The average Bonchev–Trinajstić information content (AvgIpc) is 2.47. The Labute approximate surface area is 125 Å². The smallest absolute Gasteiger partial charge is 0.0641 e. The van der Waals surface area contributed by atoms with Gasteiger partial charge in [0.15, 0.2) is 0 Å². The van der Waals surface area contributed by atoms with Crippen molar-refractivity contribution < 1.29 is 0 Å². The maximum atomic E-state index is 9.01. The van der Waals surface area contributed by atoms with Crippen molar-refractivity contribution in [3.63, 3.8) is 0 Å². The van der Waals surface area contributed by atoms with Crippen LogP contribution in [0.2, 0.25) is 5.02 Å². The number of halogens is 1. The highest BCUT2D eigenvalue weighted by molar-refractivity contribution is 6.30. The number of hydrogen-bond acceptors (Lipinski definition) is 2. The van der Waals surface area contributed by atoms with Crippen LogP contribution >= 0.6 is 11.6 Å². The minimum atomic E-state index is 0.0233. The van der Waals surface area contributed by atoms with E-state index in [-0.39, 0.29) is 12.1 Å². The van der Waals surface area contributed by atoms with Crippen molar-refractivity contribution in [3.8, 4) is 6.07 Å². The van der Waals surface area contributed by atoms with E-state index in [4.69, 9.17) is 16.9 Å². The fourth-order valence-corrected chi connectivity index (χ4v) is 2.42. The second kappa shape index (κ2) is 7.09. The summed E-state index contributed by atoms with van der Waals surface area (Å²) in [6.45, 7) is 2.08. The van der Waals surface area contributed by atoms with Crippen LogP contribution in [0, 0.1) is 11.3 Å². The summed E-state index contributed by atoms with van der Waals surface area (Å²) >= 11 is 6.02. The van der Waals surface area contributed by atoms with E-state index in [1.54, 1.807) is 0 Å². The molecular weight excluding hydrogens is 268 g/mol. The number of rotatable bonds is 5. The summed E-state index contributed by atoms with van der Waals surface area (Å²) in [6.07, 6.45) is 0.439. The van der Waals surface area contributed by atoms with E-state index >= 15 is 0 Å². The van der Waals surface area contributed by atoms with Crippen molar-refractivity contribution in [2.75, 3.05) is 0 Å². The second-order valence-corrected chi connectivity index (χ2v) is 5.21. The summed E-state index contributed by atoms with van der Waals surface area (Å²) in [7, 11) is 0. The molecule has 0 heterocycles. The third-order valence-corrected chi connectivity index (χ3v) is 3.53. The molecule has 0 aliphatic carbocycles. The van der Waals surface area contributed by atoms with Crippen LogP contribution in [0.1, 0.15) is 36.6 Å². The topological polar surface area (TPSA) is 35.8 Å². The molecule has 0 saturated carbocycles. The molecule has 2 rings (SSSR count). The minimum Gasteiger partial charge on any atom is -0.302 e. The van der Waals surface area contributed by atoms with E-state index in [1.807, 2.05) is 54.6 Å². The molecular formula is C17H17ClN2. The van der Waals surface area contributed by atoms with Gasteiger partial charge in [-0.1, -0.05) is 54.1 Å². The van der Waals surface area contributed by atoms with Crippen molar-refractivity contribution in [2.24, 2.45) is 0 Å². The Morgan fingerprint density at radius 2 is 1.80 bits per heavy atom. The molecule has 0 bridgehead atoms. The Morgan fingerprint density at radius 3 is 2.45 bits per heavy atom. The summed E-state index contributed by atoms with van der Waals surface area (Å²) in [4.78, 5) is 0. The molecule has 0 aliphatic heterocycles. The molecule has 0 aliphatic rings. The monoisotopic (exact) mass is 284 g/mol. The van der Waals surface area contributed by atoms with Gasteiger partial charge in [0.1, 0.15) is 0 Å². The lowest BCUT2D eigenvalue weighted by molar-refractivity contribution is 0.472. The Balaban J connectivity index is 2.14. The van der Waals surface area contributed by atoms with Crippen LogP contribution < -0.4 is 5.32 Å². The zero-order valence-electron chi connectivity index (χ0n) is 11.4. The standard InChI is InChI=1S/C17H17ClN2/c1-13(15-8-5-9-16(18)12-15)20-17(10-11-19)14-6-3-2-4-7-14/h2-9,12-13,17,20H,10H2,1H3/t13-,17?/m0/s1. The van der Waals surface area contributed by atoms with Gasteiger partial charge in [-0.2, -0.15) is 5.26 Å². The van der Waals surface area contributed by atoms with Gasteiger partial charge >= 0.3 is 0 Å². The third-order valence-electron chi connectivity index (χ3n) is 3.30. The molecule has 20 heavy (non-hydrogen) atoms. The molecule has 0 fully saturated rings. The van der Waals surface area contributed by atoms with Crippen molar-refractivity contribution in [1.29, 1.82) is 5.26 Å². The van der Waals surface area contributed by atoms with Crippen molar-refractivity contribution >= 4 is 11.6 Å². The molecule has 2 aromatic carbocycles. The van der Waals surface area contributed by atoms with E-state index in [9.17, 15) is 0 Å². The fourth-order valence-electron chi connectivity index (χ4n) is 2.22. The first kappa shape index (κ1) is 14.6. The third kappa shape index (κ3) is 3.84. The first-order valence-electron chi connectivity index (χ1n) is 6.64. The molecule has 0 aromatic heterocycles. The minimum absolute atomic E-state index is 0.0233. The molecule has 102 valence electrons. The predicted octanol–water partition coefficient (Wildman–Crippen LogP) is 4.65. The molecule has 0 spiro atoms. The molecule has 1 unspecified atom stereocenters. The maximum absolute atomic E-state index is 9.01. The van der Waals surface area contributed by atoms with E-state index in [0.29, 0.717) is 6.42 Å². The van der Waals surface area contributed by atoms with E-state index in [0.717, 1.165) is 16.1 Å². The lowest BCUT2D eigenvalue weighted by Crippen LogP contribution is -2.24. The largest absolute Gasteiger partial charge is 0.302 e. The summed E-state index contributed by atoms with van der Waals surface area (Å²) in [6, 6.07) is 20.2. The molecule has 1 N–H and O–H groups in total. The lowest BCUT2D eigenvalue weighted by Gasteiger charge is -2.22. The number of nitriles is 1. The Kier molecular flexibility index (Phi) is 5.17. The van der Waals surface area contributed by atoms with E-state index in [1.165, 1.54) is 0 Å². The Hall–Kier alpha value is -1.82. The normalized spacial score (nSPS) is 13.4. The molecule has 2 nitrogen and oxygen atoms in total. The van der Waals surface area contributed by atoms with Gasteiger partial charge in [0.2, 0.25) is 0 Å².